The monoisotopic (exact) mass is 295 g/mol. The number of nitrogen functional groups attached to an aromatic ring is 1. The molecule has 4 heteroatoms. The van der Waals surface area contributed by atoms with E-state index in [2.05, 4.69) is 42.0 Å². The summed E-state index contributed by atoms with van der Waals surface area (Å²) >= 11 is 1.75. The van der Waals surface area contributed by atoms with Crippen LogP contribution in [0.25, 0.3) is 10.9 Å². The van der Waals surface area contributed by atoms with Crippen LogP contribution in [0.1, 0.15) is 17.0 Å². The number of para-hydroxylation sites is 1. The lowest BCUT2D eigenvalue weighted by atomic mass is 10.2. The van der Waals surface area contributed by atoms with Gasteiger partial charge in [-0.15, -0.1) is 11.8 Å². The molecule has 2 N–H and O–H groups in total. The molecule has 3 rings (SSSR count). The van der Waals surface area contributed by atoms with Crippen LogP contribution in [0.4, 0.5) is 5.82 Å². The van der Waals surface area contributed by atoms with Crippen molar-refractivity contribution in [1.29, 1.82) is 0 Å². The SMILES string of the molecule is Cc1ccc(SCc2nc(N)c3ccccc3n2)c(C)c1. The number of rotatable bonds is 3. The lowest BCUT2D eigenvalue weighted by molar-refractivity contribution is 1.07. The van der Waals surface area contributed by atoms with Gasteiger partial charge in [-0.05, 0) is 37.6 Å². The van der Waals surface area contributed by atoms with Gasteiger partial charge >= 0.3 is 0 Å². The summed E-state index contributed by atoms with van der Waals surface area (Å²) in [7, 11) is 0. The number of thioether (sulfide) groups is 1. The van der Waals surface area contributed by atoms with Gasteiger partial charge in [0.1, 0.15) is 11.6 Å². The van der Waals surface area contributed by atoms with Crippen molar-refractivity contribution < 1.29 is 0 Å². The Morgan fingerprint density at radius 2 is 1.86 bits per heavy atom. The van der Waals surface area contributed by atoms with E-state index in [9.17, 15) is 0 Å². The molecule has 3 nitrogen and oxygen atoms in total. The maximum Gasteiger partial charge on any atom is 0.141 e. The third-order valence-corrected chi connectivity index (χ3v) is 4.54. The van der Waals surface area contributed by atoms with Crippen molar-refractivity contribution in [1.82, 2.24) is 9.97 Å². The van der Waals surface area contributed by atoms with Crippen LogP contribution in [-0.2, 0) is 5.75 Å². The lowest BCUT2D eigenvalue weighted by Gasteiger charge is -2.07. The van der Waals surface area contributed by atoms with Gasteiger partial charge in [-0.1, -0.05) is 29.8 Å². The smallest absolute Gasteiger partial charge is 0.141 e. The summed E-state index contributed by atoms with van der Waals surface area (Å²) in [5, 5.41) is 0.915. The summed E-state index contributed by atoms with van der Waals surface area (Å²) in [5.41, 5.74) is 9.49. The lowest BCUT2D eigenvalue weighted by Crippen LogP contribution is -2.00. The van der Waals surface area contributed by atoms with E-state index >= 15 is 0 Å². The summed E-state index contributed by atoms with van der Waals surface area (Å²) in [6, 6.07) is 14.3. The topological polar surface area (TPSA) is 51.8 Å². The first-order valence-corrected chi connectivity index (χ1v) is 7.83. The van der Waals surface area contributed by atoms with E-state index in [1.54, 1.807) is 11.8 Å². The zero-order chi connectivity index (χ0) is 14.8. The molecule has 0 saturated carbocycles. The Labute approximate surface area is 128 Å². The summed E-state index contributed by atoms with van der Waals surface area (Å²) in [6.45, 7) is 4.24. The van der Waals surface area contributed by atoms with E-state index in [-0.39, 0.29) is 0 Å². The molecule has 1 aromatic heterocycles. The molecule has 0 radical (unpaired) electrons. The predicted octanol–water partition coefficient (Wildman–Crippen LogP) is 4.12. The Morgan fingerprint density at radius 3 is 2.67 bits per heavy atom. The van der Waals surface area contributed by atoms with Crippen LogP contribution in [0.2, 0.25) is 0 Å². The predicted molar refractivity (Wildman–Crippen MR) is 89.4 cm³/mol. The van der Waals surface area contributed by atoms with Gasteiger partial charge in [0, 0.05) is 10.3 Å². The zero-order valence-electron chi connectivity index (χ0n) is 12.1. The molecule has 1 heterocycles. The molecule has 0 bridgehead atoms. The molecule has 0 unspecified atom stereocenters. The fourth-order valence-corrected chi connectivity index (χ4v) is 3.18. The highest BCUT2D eigenvalue weighted by atomic mass is 32.2. The van der Waals surface area contributed by atoms with E-state index in [0.717, 1.165) is 22.5 Å². The molecule has 0 aliphatic heterocycles. The van der Waals surface area contributed by atoms with Crippen LogP contribution < -0.4 is 5.73 Å². The summed E-state index contributed by atoms with van der Waals surface area (Å²) < 4.78 is 0. The van der Waals surface area contributed by atoms with Gasteiger partial charge in [-0.2, -0.15) is 0 Å². The van der Waals surface area contributed by atoms with Crippen molar-refractivity contribution in [2.45, 2.75) is 24.5 Å². The highest BCUT2D eigenvalue weighted by Crippen LogP contribution is 2.27. The zero-order valence-corrected chi connectivity index (χ0v) is 12.9. The van der Waals surface area contributed by atoms with Crippen LogP contribution >= 0.6 is 11.8 Å². The van der Waals surface area contributed by atoms with Crippen LogP contribution in [0.5, 0.6) is 0 Å². The van der Waals surface area contributed by atoms with Gasteiger partial charge in [-0.25, -0.2) is 9.97 Å². The average Bonchev–Trinajstić information content (AvgIpc) is 2.46. The molecule has 0 fully saturated rings. The Balaban J connectivity index is 1.85. The van der Waals surface area contributed by atoms with Crippen LogP contribution in [0.15, 0.2) is 47.4 Å². The third kappa shape index (κ3) is 3.00. The van der Waals surface area contributed by atoms with Crippen LogP contribution in [0, 0.1) is 13.8 Å². The minimum Gasteiger partial charge on any atom is -0.383 e. The van der Waals surface area contributed by atoms with Crippen LogP contribution in [0.3, 0.4) is 0 Å². The molecule has 0 saturated heterocycles. The number of nitrogens with two attached hydrogens (primary N) is 1. The highest BCUT2D eigenvalue weighted by molar-refractivity contribution is 7.98. The van der Waals surface area contributed by atoms with E-state index in [4.69, 9.17) is 5.73 Å². The second-order valence-corrected chi connectivity index (χ2v) is 6.12. The summed E-state index contributed by atoms with van der Waals surface area (Å²) in [4.78, 5) is 10.3. The first-order chi connectivity index (χ1) is 10.1. The van der Waals surface area contributed by atoms with E-state index in [0.29, 0.717) is 5.82 Å². The molecule has 2 aromatic carbocycles. The van der Waals surface area contributed by atoms with Gasteiger partial charge in [-0.3, -0.25) is 0 Å². The molecule has 3 aromatic rings. The van der Waals surface area contributed by atoms with Crippen LogP contribution in [-0.4, -0.2) is 9.97 Å². The number of hydrogen-bond donors (Lipinski definition) is 1. The van der Waals surface area contributed by atoms with Crippen molar-refractivity contribution in [2.75, 3.05) is 5.73 Å². The van der Waals surface area contributed by atoms with Gasteiger partial charge in [0.15, 0.2) is 0 Å². The quantitative estimate of drug-likeness (QED) is 0.738. The molecule has 0 aliphatic rings. The van der Waals surface area contributed by atoms with Crippen molar-refractivity contribution >= 4 is 28.5 Å². The first-order valence-electron chi connectivity index (χ1n) is 6.84. The number of aromatic nitrogens is 2. The van der Waals surface area contributed by atoms with E-state index in [1.165, 1.54) is 16.0 Å². The number of benzene rings is 2. The van der Waals surface area contributed by atoms with Gasteiger partial charge in [0.25, 0.3) is 0 Å². The molecular formula is C17H17N3S. The Hall–Kier alpha value is -2.07. The molecule has 106 valence electrons. The third-order valence-electron chi connectivity index (χ3n) is 3.37. The maximum atomic E-state index is 6.02. The standard InChI is InChI=1S/C17H17N3S/c1-11-7-8-15(12(2)9-11)21-10-16-19-14-6-4-3-5-13(14)17(18)20-16/h3-9H,10H2,1-2H3,(H2,18,19,20). The summed E-state index contributed by atoms with van der Waals surface area (Å²) in [6.07, 6.45) is 0. The normalized spacial score (nSPS) is 11.0. The molecule has 0 atom stereocenters. The Bertz CT molecular complexity index is 799. The second-order valence-electron chi connectivity index (χ2n) is 5.10. The average molecular weight is 295 g/mol. The minimum absolute atomic E-state index is 0.553. The number of nitrogens with zero attached hydrogens (tertiary/aromatic N) is 2. The summed E-state index contributed by atoms with van der Waals surface area (Å²) in [5.74, 6) is 2.05. The van der Waals surface area contributed by atoms with E-state index in [1.807, 2.05) is 24.3 Å². The minimum atomic E-state index is 0.553. The van der Waals surface area contributed by atoms with Crippen molar-refractivity contribution in [3.05, 3.63) is 59.4 Å². The Morgan fingerprint density at radius 1 is 1.05 bits per heavy atom. The first kappa shape index (κ1) is 13.9. The highest BCUT2D eigenvalue weighted by Gasteiger charge is 2.06. The maximum absolute atomic E-state index is 6.02. The van der Waals surface area contributed by atoms with Crippen molar-refractivity contribution in [3.8, 4) is 0 Å². The number of aryl methyl sites for hydroxylation is 2. The van der Waals surface area contributed by atoms with Gasteiger partial charge in [0.05, 0.1) is 11.3 Å². The Kier molecular flexibility index (Phi) is 3.80. The molecule has 0 amide bonds. The van der Waals surface area contributed by atoms with Crippen molar-refractivity contribution in [3.63, 3.8) is 0 Å². The number of fused-ring (bicyclic) bond motifs is 1. The van der Waals surface area contributed by atoms with Crippen molar-refractivity contribution in [2.24, 2.45) is 0 Å². The molecular weight excluding hydrogens is 278 g/mol. The number of anilines is 1. The second kappa shape index (κ2) is 5.74. The molecule has 21 heavy (non-hydrogen) atoms. The van der Waals surface area contributed by atoms with E-state index < -0.39 is 0 Å². The molecule has 0 aliphatic carbocycles. The molecule has 0 spiro atoms. The number of hydrogen-bond acceptors (Lipinski definition) is 4. The largest absolute Gasteiger partial charge is 0.383 e. The van der Waals surface area contributed by atoms with Gasteiger partial charge in [0.2, 0.25) is 0 Å². The van der Waals surface area contributed by atoms with Gasteiger partial charge < -0.3 is 5.73 Å². The fraction of sp³-hybridized carbons (Fsp3) is 0.176. The fourth-order valence-electron chi connectivity index (χ4n) is 2.32.